The maximum Gasteiger partial charge on any atom is 0.341 e. The average molecular weight is 366 g/mol. The van der Waals surface area contributed by atoms with E-state index in [-0.39, 0.29) is 0 Å². The third-order valence-corrected chi connectivity index (χ3v) is 3.97. The molecule has 0 aliphatic heterocycles. The Balaban J connectivity index is 1.89. The molecule has 3 heterocycles. The van der Waals surface area contributed by atoms with E-state index >= 15 is 0 Å². The van der Waals surface area contributed by atoms with Gasteiger partial charge in [-0.05, 0) is 31.0 Å². The zero-order chi connectivity index (χ0) is 19.4. The molecule has 8 heteroatoms. The van der Waals surface area contributed by atoms with E-state index in [1.54, 1.807) is 31.5 Å². The molecule has 0 aromatic carbocycles. The Morgan fingerprint density at radius 3 is 2.81 bits per heavy atom. The Morgan fingerprint density at radius 2 is 2.11 bits per heavy atom. The largest absolute Gasteiger partial charge is 0.462 e. The number of hydrogen-bond acceptors (Lipinski definition) is 7. The third-order valence-electron chi connectivity index (χ3n) is 3.97. The highest BCUT2D eigenvalue weighted by Gasteiger charge is 2.15. The number of carbonyl (C=O) groups is 1. The van der Waals surface area contributed by atoms with Crippen molar-refractivity contribution in [3.8, 4) is 11.5 Å². The smallest absolute Gasteiger partial charge is 0.341 e. The monoisotopic (exact) mass is 366 g/mol. The number of ether oxygens (including phenoxy) is 1. The number of esters is 1. The minimum absolute atomic E-state index is 0.294. The Morgan fingerprint density at radius 1 is 1.30 bits per heavy atom. The molecular formula is C19H22N6O2. The summed E-state index contributed by atoms with van der Waals surface area (Å²) in [6.07, 6.45) is 4.72. The van der Waals surface area contributed by atoms with E-state index in [4.69, 9.17) is 4.74 Å². The Hall–Kier alpha value is -3.29. The van der Waals surface area contributed by atoms with Gasteiger partial charge in [0.25, 0.3) is 0 Å². The van der Waals surface area contributed by atoms with Crippen molar-refractivity contribution in [2.24, 2.45) is 7.05 Å². The Labute approximate surface area is 157 Å². The van der Waals surface area contributed by atoms with Crippen LogP contribution in [0.5, 0.6) is 0 Å². The van der Waals surface area contributed by atoms with Crippen molar-refractivity contribution in [2.75, 3.05) is 11.9 Å². The quantitative estimate of drug-likeness (QED) is 0.669. The standard InChI is InChI=1S/C19H22N6O2/c1-5-27-19(26)13-11-20-8-6-14(13)22-17-7-9-21-18(23-17)15-10-16(12(2)3)25(4)24-15/h6-12H,5H2,1-4H3,(H,20,21,22,23). The number of hydrogen-bond donors (Lipinski definition) is 1. The molecule has 0 atom stereocenters. The van der Waals surface area contributed by atoms with Gasteiger partial charge in [0.15, 0.2) is 5.82 Å². The molecule has 1 N–H and O–H groups in total. The first-order chi connectivity index (χ1) is 13.0. The zero-order valence-electron chi connectivity index (χ0n) is 15.8. The van der Waals surface area contributed by atoms with Crippen LogP contribution in [-0.2, 0) is 11.8 Å². The van der Waals surface area contributed by atoms with E-state index in [0.29, 0.717) is 41.1 Å². The number of carbonyl (C=O) groups excluding carboxylic acids is 1. The molecule has 0 saturated heterocycles. The average Bonchev–Trinajstić information content (AvgIpc) is 3.05. The molecule has 0 fully saturated rings. The summed E-state index contributed by atoms with van der Waals surface area (Å²) in [6.45, 7) is 6.28. The summed E-state index contributed by atoms with van der Waals surface area (Å²) in [5, 5.41) is 7.64. The second-order valence-electron chi connectivity index (χ2n) is 6.26. The highest BCUT2D eigenvalue weighted by atomic mass is 16.5. The SMILES string of the molecule is CCOC(=O)c1cnccc1Nc1ccnc(-c2cc(C(C)C)n(C)n2)n1. The topological polar surface area (TPSA) is 94.8 Å². The fourth-order valence-corrected chi connectivity index (χ4v) is 2.70. The number of aromatic nitrogens is 5. The lowest BCUT2D eigenvalue weighted by Gasteiger charge is -2.10. The summed E-state index contributed by atoms with van der Waals surface area (Å²) < 4.78 is 6.91. The number of pyridine rings is 1. The van der Waals surface area contributed by atoms with Gasteiger partial charge in [0.1, 0.15) is 17.1 Å². The maximum atomic E-state index is 12.1. The van der Waals surface area contributed by atoms with Gasteiger partial charge in [0, 0.05) is 31.3 Å². The number of nitrogens with one attached hydrogen (secondary N) is 1. The lowest BCUT2D eigenvalue weighted by Crippen LogP contribution is -2.09. The molecule has 0 unspecified atom stereocenters. The van der Waals surface area contributed by atoms with Crippen molar-refractivity contribution in [1.82, 2.24) is 24.7 Å². The molecule has 27 heavy (non-hydrogen) atoms. The van der Waals surface area contributed by atoms with Crippen LogP contribution in [0.3, 0.4) is 0 Å². The van der Waals surface area contributed by atoms with Crippen LogP contribution in [0.25, 0.3) is 11.5 Å². The first-order valence-electron chi connectivity index (χ1n) is 8.75. The molecule has 0 radical (unpaired) electrons. The predicted octanol–water partition coefficient (Wildman–Crippen LogP) is 3.32. The van der Waals surface area contributed by atoms with Crippen molar-refractivity contribution in [2.45, 2.75) is 26.7 Å². The lowest BCUT2D eigenvalue weighted by molar-refractivity contribution is 0.0527. The van der Waals surface area contributed by atoms with Crippen molar-refractivity contribution in [3.63, 3.8) is 0 Å². The van der Waals surface area contributed by atoms with Crippen LogP contribution in [-0.4, -0.2) is 37.3 Å². The van der Waals surface area contributed by atoms with Crippen LogP contribution < -0.4 is 5.32 Å². The number of nitrogens with zero attached hydrogens (tertiary/aromatic N) is 5. The molecule has 3 rings (SSSR count). The van der Waals surface area contributed by atoms with E-state index in [1.807, 2.05) is 17.8 Å². The van der Waals surface area contributed by atoms with Crippen LogP contribution in [0, 0.1) is 0 Å². The first kappa shape index (κ1) is 18.5. The van der Waals surface area contributed by atoms with Gasteiger partial charge in [-0.25, -0.2) is 14.8 Å². The van der Waals surface area contributed by atoms with Gasteiger partial charge in [0.05, 0.1) is 12.3 Å². The first-order valence-corrected chi connectivity index (χ1v) is 8.75. The minimum Gasteiger partial charge on any atom is -0.462 e. The van der Waals surface area contributed by atoms with Crippen LogP contribution in [0.4, 0.5) is 11.5 Å². The van der Waals surface area contributed by atoms with E-state index < -0.39 is 5.97 Å². The Bertz CT molecular complexity index is 951. The number of anilines is 2. The van der Waals surface area contributed by atoms with Gasteiger partial charge < -0.3 is 10.1 Å². The highest BCUT2D eigenvalue weighted by molar-refractivity contribution is 5.96. The van der Waals surface area contributed by atoms with E-state index in [2.05, 4.69) is 39.2 Å². The van der Waals surface area contributed by atoms with E-state index in [9.17, 15) is 4.79 Å². The zero-order valence-corrected chi connectivity index (χ0v) is 15.8. The maximum absolute atomic E-state index is 12.1. The lowest BCUT2D eigenvalue weighted by atomic mass is 10.1. The van der Waals surface area contributed by atoms with Gasteiger partial charge in [-0.3, -0.25) is 9.67 Å². The third kappa shape index (κ3) is 4.11. The molecule has 0 spiro atoms. The molecule has 0 aliphatic rings. The normalized spacial score (nSPS) is 10.9. The van der Waals surface area contributed by atoms with Crippen molar-refractivity contribution in [3.05, 3.63) is 48.0 Å². The molecule has 0 saturated carbocycles. The fraction of sp³-hybridized carbons (Fsp3) is 0.316. The summed E-state index contributed by atoms with van der Waals surface area (Å²) in [5.41, 5.74) is 2.72. The van der Waals surface area contributed by atoms with Gasteiger partial charge in [-0.15, -0.1) is 0 Å². The molecular weight excluding hydrogens is 344 g/mol. The van der Waals surface area contributed by atoms with Gasteiger partial charge >= 0.3 is 5.97 Å². The highest BCUT2D eigenvalue weighted by Crippen LogP contribution is 2.23. The summed E-state index contributed by atoms with van der Waals surface area (Å²) in [6, 6.07) is 5.41. The van der Waals surface area contributed by atoms with Crippen molar-refractivity contribution < 1.29 is 9.53 Å². The van der Waals surface area contributed by atoms with Gasteiger partial charge in [0.2, 0.25) is 0 Å². The van der Waals surface area contributed by atoms with Gasteiger partial charge in [-0.2, -0.15) is 5.10 Å². The Kier molecular flexibility index (Phi) is 5.44. The summed E-state index contributed by atoms with van der Waals surface area (Å²) in [7, 11) is 1.91. The van der Waals surface area contributed by atoms with Crippen molar-refractivity contribution >= 4 is 17.5 Å². The van der Waals surface area contributed by atoms with Crippen LogP contribution in [0.15, 0.2) is 36.8 Å². The summed E-state index contributed by atoms with van der Waals surface area (Å²) in [4.78, 5) is 24.9. The second kappa shape index (κ2) is 7.94. The molecule has 0 bridgehead atoms. The van der Waals surface area contributed by atoms with E-state index in [0.717, 1.165) is 5.69 Å². The van der Waals surface area contributed by atoms with Crippen molar-refractivity contribution in [1.29, 1.82) is 0 Å². The molecule has 0 amide bonds. The van der Waals surface area contributed by atoms with Gasteiger partial charge in [-0.1, -0.05) is 13.8 Å². The minimum atomic E-state index is -0.436. The predicted molar refractivity (Wildman–Crippen MR) is 102 cm³/mol. The fourth-order valence-electron chi connectivity index (χ4n) is 2.70. The van der Waals surface area contributed by atoms with Crippen LogP contribution >= 0.6 is 0 Å². The summed E-state index contributed by atoms with van der Waals surface area (Å²) >= 11 is 0. The molecule has 8 nitrogen and oxygen atoms in total. The number of aryl methyl sites for hydroxylation is 1. The molecule has 0 aliphatic carbocycles. The second-order valence-corrected chi connectivity index (χ2v) is 6.26. The summed E-state index contributed by atoms with van der Waals surface area (Å²) in [5.74, 6) is 0.970. The molecule has 3 aromatic rings. The molecule has 140 valence electrons. The molecule has 3 aromatic heterocycles. The number of rotatable bonds is 6. The van der Waals surface area contributed by atoms with Crippen LogP contribution in [0.2, 0.25) is 0 Å². The van der Waals surface area contributed by atoms with Crippen LogP contribution in [0.1, 0.15) is 42.7 Å². The van der Waals surface area contributed by atoms with E-state index in [1.165, 1.54) is 6.20 Å².